The topological polar surface area (TPSA) is 54.4 Å². The Morgan fingerprint density at radius 3 is 1.38 bits per heavy atom. The van der Waals surface area contributed by atoms with Crippen molar-refractivity contribution in [2.45, 2.75) is 43.2 Å². The molecule has 0 aliphatic heterocycles. The van der Waals surface area contributed by atoms with E-state index in [0.29, 0.717) is 0 Å². The van der Waals surface area contributed by atoms with Crippen LogP contribution in [0, 0.1) is 0 Å². The summed E-state index contributed by atoms with van der Waals surface area (Å²) >= 11 is 0. The van der Waals surface area contributed by atoms with E-state index in [1.54, 1.807) is 0 Å². The first-order valence-corrected chi connectivity index (χ1v) is 7.03. The van der Waals surface area contributed by atoms with E-state index in [9.17, 15) is 43.5 Å². The molecule has 0 saturated heterocycles. The largest absolute Gasteiger partial charge is 0.285 e. The van der Waals surface area contributed by atoms with E-state index in [2.05, 4.69) is 0 Å². The van der Waals surface area contributed by atoms with Gasteiger partial charge in [-0.3, -0.25) is 4.55 Å². The van der Waals surface area contributed by atoms with Crippen molar-refractivity contribution in [2.75, 3.05) is 12.4 Å². The molecule has 0 spiro atoms. The van der Waals surface area contributed by atoms with Crippen molar-refractivity contribution in [1.29, 1.82) is 0 Å². The Bertz CT molecular complexity index is 408. The van der Waals surface area contributed by atoms with Gasteiger partial charge in [-0.2, -0.15) is 8.42 Å². The maximum absolute atomic E-state index is 13.1. The molecule has 0 aromatic carbocycles. The minimum Gasteiger partial charge on any atom is -0.285 e. The number of hydrogen-bond acceptors (Lipinski definition) is 2. The summed E-state index contributed by atoms with van der Waals surface area (Å²) in [6.07, 6.45) is -24.4. The number of hydrogen-bond donors (Lipinski definition) is 1. The summed E-state index contributed by atoms with van der Waals surface area (Å²) in [5, 5.41) is 0. The van der Waals surface area contributed by atoms with E-state index in [-0.39, 0.29) is 0 Å². The van der Waals surface area contributed by atoms with Gasteiger partial charge in [-0.1, -0.05) is 0 Å². The second-order valence-electron chi connectivity index (χ2n) is 4.16. The van der Waals surface area contributed by atoms with Gasteiger partial charge in [-0.25, -0.2) is 35.1 Å². The smallest absolute Gasteiger partial charge is 0.267 e. The molecular formula is C9H12F8O3S. The molecule has 0 rings (SSSR count). The van der Waals surface area contributed by atoms with Crippen LogP contribution in [0.1, 0.15) is 0 Å². The van der Waals surface area contributed by atoms with Gasteiger partial charge in [0.15, 0.2) is 43.2 Å². The van der Waals surface area contributed by atoms with Crippen molar-refractivity contribution in [3.05, 3.63) is 0 Å². The Kier molecular flexibility index (Phi) is 7.86. The molecule has 0 aliphatic rings. The molecule has 0 radical (unpaired) electrons. The van der Waals surface area contributed by atoms with Crippen LogP contribution in [-0.4, -0.2) is 68.6 Å². The number of alkyl halides is 8. The van der Waals surface area contributed by atoms with Crippen LogP contribution >= 0.6 is 0 Å². The molecule has 0 saturated carbocycles. The molecule has 12 heteroatoms. The SMILES string of the molecule is O=S(=O)(O)CC(F)C(F)C(F)C(F)C(F)C(F)C(F)CF. The third-order valence-corrected chi connectivity index (χ3v) is 3.16. The molecule has 0 aromatic rings. The lowest BCUT2D eigenvalue weighted by Crippen LogP contribution is -2.46. The fourth-order valence-corrected chi connectivity index (χ4v) is 1.89. The van der Waals surface area contributed by atoms with Crippen molar-refractivity contribution in [2.24, 2.45) is 0 Å². The Morgan fingerprint density at radius 1 is 0.714 bits per heavy atom. The molecule has 21 heavy (non-hydrogen) atoms. The summed E-state index contributed by atoms with van der Waals surface area (Å²) in [5.74, 6) is -1.94. The summed E-state index contributed by atoms with van der Waals surface area (Å²) in [7, 11) is -5.06. The zero-order valence-corrected chi connectivity index (χ0v) is 11.0. The van der Waals surface area contributed by atoms with Crippen LogP contribution in [0.15, 0.2) is 0 Å². The Labute approximate surface area is 115 Å². The molecular weight excluding hydrogens is 340 g/mol. The number of rotatable bonds is 9. The fraction of sp³-hybridized carbons (Fsp3) is 1.00. The van der Waals surface area contributed by atoms with Gasteiger partial charge >= 0.3 is 0 Å². The van der Waals surface area contributed by atoms with Crippen molar-refractivity contribution in [3.63, 3.8) is 0 Å². The summed E-state index contributed by atoms with van der Waals surface area (Å²) < 4.78 is 131. The Morgan fingerprint density at radius 2 is 1.05 bits per heavy atom. The average molecular weight is 352 g/mol. The molecule has 7 unspecified atom stereocenters. The molecule has 0 heterocycles. The van der Waals surface area contributed by atoms with E-state index >= 15 is 0 Å². The van der Waals surface area contributed by atoms with Crippen LogP contribution < -0.4 is 0 Å². The standard InChI is InChI=1S/C9H12F8O3S/c10-1-3(11)5(13)7(15)9(17)8(16)6(14)4(12)2-21(18,19)20/h3-9H,1-2H2,(H,18,19,20). The predicted octanol–water partition coefficient (Wildman–Crippen LogP) is 2.21. The lowest BCUT2D eigenvalue weighted by Gasteiger charge is -2.24. The third-order valence-electron chi connectivity index (χ3n) is 2.43. The number of halogens is 8. The van der Waals surface area contributed by atoms with Gasteiger partial charge < -0.3 is 0 Å². The average Bonchev–Trinajstić information content (AvgIpc) is 2.40. The molecule has 0 aliphatic carbocycles. The molecule has 0 bridgehead atoms. The second-order valence-corrected chi connectivity index (χ2v) is 5.65. The molecule has 0 fully saturated rings. The summed E-state index contributed by atoms with van der Waals surface area (Å²) in [5.41, 5.74) is 0. The molecule has 128 valence electrons. The summed E-state index contributed by atoms with van der Waals surface area (Å²) in [4.78, 5) is 0. The van der Waals surface area contributed by atoms with Crippen LogP contribution in [0.5, 0.6) is 0 Å². The highest BCUT2D eigenvalue weighted by Gasteiger charge is 2.46. The Hall–Kier alpha value is -0.650. The monoisotopic (exact) mass is 352 g/mol. The zero-order valence-electron chi connectivity index (χ0n) is 10.2. The summed E-state index contributed by atoms with van der Waals surface area (Å²) in [6, 6.07) is 0. The van der Waals surface area contributed by atoms with Crippen molar-refractivity contribution >= 4 is 10.1 Å². The first-order chi connectivity index (χ1) is 9.42. The van der Waals surface area contributed by atoms with Gasteiger partial charge in [0.25, 0.3) is 10.1 Å². The van der Waals surface area contributed by atoms with Crippen LogP contribution in [0.2, 0.25) is 0 Å². The van der Waals surface area contributed by atoms with E-state index in [4.69, 9.17) is 4.55 Å². The molecule has 0 amide bonds. The van der Waals surface area contributed by atoms with E-state index in [1.807, 2.05) is 0 Å². The van der Waals surface area contributed by atoms with Crippen LogP contribution in [0.3, 0.4) is 0 Å². The van der Waals surface area contributed by atoms with Crippen molar-refractivity contribution < 1.29 is 48.1 Å². The highest BCUT2D eigenvalue weighted by Crippen LogP contribution is 2.26. The van der Waals surface area contributed by atoms with Crippen molar-refractivity contribution in [1.82, 2.24) is 0 Å². The first-order valence-electron chi connectivity index (χ1n) is 5.42. The summed E-state index contributed by atoms with van der Waals surface area (Å²) in [6.45, 7) is -2.04. The van der Waals surface area contributed by atoms with Gasteiger partial charge in [0.05, 0.1) is 0 Å². The van der Waals surface area contributed by atoms with E-state index in [0.717, 1.165) is 0 Å². The fourth-order valence-electron chi connectivity index (χ4n) is 1.30. The van der Waals surface area contributed by atoms with E-state index in [1.165, 1.54) is 0 Å². The van der Waals surface area contributed by atoms with Crippen LogP contribution in [0.4, 0.5) is 35.1 Å². The lowest BCUT2D eigenvalue weighted by molar-refractivity contribution is -0.0351. The normalized spacial score (nSPS) is 22.9. The zero-order chi connectivity index (χ0) is 17.0. The van der Waals surface area contributed by atoms with E-state index < -0.39 is 65.7 Å². The highest BCUT2D eigenvalue weighted by atomic mass is 32.2. The second kappa shape index (κ2) is 8.11. The minimum absolute atomic E-state index is 1.94. The maximum Gasteiger partial charge on any atom is 0.267 e. The van der Waals surface area contributed by atoms with Gasteiger partial charge in [-0.05, 0) is 0 Å². The van der Waals surface area contributed by atoms with Gasteiger partial charge in [-0.15, -0.1) is 0 Å². The molecule has 3 nitrogen and oxygen atoms in total. The van der Waals surface area contributed by atoms with Gasteiger partial charge in [0, 0.05) is 0 Å². The molecule has 1 N–H and O–H groups in total. The lowest BCUT2D eigenvalue weighted by atomic mass is 10.0. The first kappa shape index (κ1) is 20.3. The van der Waals surface area contributed by atoms with Gasteiger partial charge in [0.2, 0.25) is 0 Å². The minimum atomic E-state index is -5.06. The maximum atomic E-state index is 13.1. The van der Waals surface area contributed by atoms with Crippen molar-refractivity contribution in [3.8, 4) is 0 Å². The van der Waals surface area contributed by atoms with Gasteiger partial charge in [0.1, 0.15) is 12.4 Å². The highest BCUT2D eigenvalue weighted by molar-refractivity contribution is 7.85. The predicted molar refractivity (Wildman–Crippen MR) is 56.7 cm³/mol. The van der Waals surface area contributed by atoms with Crippen LogP contribution in [0.25, 0.3) is 0 Å². The molecule has 7 atom stereocenters. The van der Waals surface area contributed by atoms with Crippen LogP contribution in [-0.2, 0) is 10.1 Å². The quantitative estimate of drug-likeness (QED) is 0.511. The third kappa shape index (κ3) is 6.32. The Balaban J connectivity index is 4.78. The molecule has 0 aromatic heterocycles.